The van der Waals surface area contributed by atoms with E-state index >= 15 is 0 Å². The summed E-state index contributed by atoms with van der Waals surface area (Å²) in [5.74, 6) is 0.661. The molecule has 1 heterocycles. The fourth-order valence-corrected chi connectivity index (χ4v) is 2.29. The molecular formula is C14H16N2O2. The summed E-state index contributed by atoms with van der Waals surface area (Å²) in [6, 6.07) is 6.47. The Kier molecular flexibility index (Phi) is 3.02. The molecule has 0 unspecified atom stereocenters. The fraction of sp³-hybridized carbons (Fsp3) is 0.357. The van der Waals surface area contributed by atoms with E-state index in [-0.39, 0.29) is 12.5 Å². The van der Waals surface area contributed by atoms with Gasteiger partial charge >= 0.3 is 0 Å². The Morgan fingerprint density at radius 3 is 3.00 bits per heavy atom. The van der Waals surface area contributed by atoms with Gasteiger partial charge < -0.3 is 15.4 Å². The number of fused-ring (bicyclic) bond motifs is 1. The summed E-state index contributed by atoms with van der Waals surface area (Å²) >= 11 is 0. The quantitative estimate of drug-likeness (QED) is 0.797. The van der Waals surface area contributed by atoms with Gasteiger partial charge in [-0.05, 0) is 30.5 Å². The summed E-state index contributed by atoms with van der Waals surface area (Å²) in [6.07, 6.45) is 6.62. The number of rotatable bonds is 3. The Morgan fingerprint density at radius 1 is 1.33 bits per heavy atom. The number of hydrogen-bond acceptors (Lipinski definition) is 3. The Labute approximate surface area is 106 Å². The normalized spacial score (nSPS) is 18.3. The smallest absolute Gasteiger partial charge is 0.262 e. The van der Waals surface area contributed by atoms with Gasteiger partial charge in [0.1, 0.15) is 5.75 Å². The number of carbonyl (C=O) groups excluding carboxylic acids is 1. The van der Waals surface area contributed by atoms with Crippen LogP contribution in [0.1, 0.15) is 18.4 Å². The van der Waals surface area contributed by atoms with Crippen LogP contribution in [0.2, 0.25) is 0 Å². The maximum atomic E-state index is 11.2. The highest BCUT2D eigenvalue weighted by Crippen LogP contribution is 2.28. The van der Waals surface area contributed by atoms with Crippen molar-refractivity contribution in [1.29, 1.82) is 0 Å². The van der Waals surface area contributed by atoms with Gasteiger partial charge in [0.25, 0.3) is 5.91 Å². The van der Waals surface area contributed by atoms with Gasteiger partial charge in [-0.25, -0.2) is 0 Å². The molecule has 18 heavy (non-hydrogen) atoms. The Bertz CT molecular complexity index is 489. The lowest BCUT2D eigenvalue weighted by atomic mass is 10.1. The third-order valence-electron chi connectivity index (χ3n) is 3.28. The largest absolute Gasteiger partial charge is 0.482 e. The molecule has 0 aromatic heterocycles. The van der Waals surface area contributed by atoms with Crippen molar-refractivity contribution in [2.45, 2.75) is 25.4 Å². The molecular weight excluding hydrogens is 228 g/mol. The average Bonchev–Trinajstić information content (AvgIpc) is 2.89. The highest BCUT2D eigenvalue weighted by atomic mass is 16.5. The highest BCUT2D eigenvalue weighted by Gasteiger charge is 2.16. The molecule has 0 radical (unpaired) electrons. The number of anilines is 1. The van der Waals surface area contributed by atoms with Crippen molar-refractivity contribution in [2.24, 2.45) is 0 Å². The zero-order chi connectivity index (χ0) is 12.4. The van der Waals surface area contributed by atoms with Crippen molar-refractivity contribution < 1.29 is 9.53 Å². The maximum Gasteiger partial charge on any atom is 0.262 e. The second-order valence-electron chi connectivity index (χ2n) is 4.69. The molecule has 0 atom stereocenters. The lowest BCUT2D eigenvalue weighted by molar-refractivity contribution is -0.118. The molecule has 0 bridgehead atoms. The lowest BCUT2D eigenvalue weighted by Crippen LogP contribution is -2.27. The van der Waals surface area contributed by atoms with Gasteiger partial charge in [0, 0.05) is 12.6 Å². The molecule has 4 nitrogen and oxygen atoms in total. The zero-order valence-corrected chi connectivity index (χ0v) is 10.1. The summed E-state index contributed by atoms with van der Waals surface area (Å²) in [6.45, 7) is 0.924. The van der Waals surface area contributed by atoms with E-state index in [9.17, 15) is 4.79 Å². The van der Waals surface area contributed by atoms with Crippen molar-refractivity contribution in [1.82, 2.24) is 5.32 Å². The van der Waals surface area contributed by atoms with Crippen LogP contribution in [0.3, 0.4) is 0 Å². The minimum Gasteiger partial charge on any atom is -0.482 e. The van der Waals surface area contributed by atoms with Crippen LogP contribution in [-0.4, -0.2) is 18.6 Å². The third-order valence-corrected chi connectivity index (χ3v) is 3.28. The highest BCUT2D eigenvalue weighted by molar-refractivity contribution is 5.95. The standard InChI is InChI=1S/C14H16N2O2/c17-14-9-18-13-6-5-10(7-12(13)16-14)8-15-11-3-1-2-4-11/h1-2,5-7,11,15H,3-4,8-9H2,(H,16,17). The summed E-state index contributed by atoms with van der Waals surface area (Å²) in [5.41, 5.74) is 1.93. The van der Waals surface area contributed by atoms with Gasteiger partial charge in [0.05, 0.1) is 5.69 Å². The molecule has 2 aliphatic rings. The van der Waals surface area contributed by atoms with Gasteiger partial charge in [-0.1, -0.05) is 18.2 Å². The second-order valence-corrected chi connectivity index (χ2v) is 4.69. The van der Waals surface area contributed by atoms with Gasteiger partial charge in [0.2, 0.25) is 0 Å². The van der Waals surface area contributed by atoms with Crippen molar-refractivity contribution in [2.75, 3.05) is 11.9 Å². The van der Waals surface area contributed by atoms with Crippen LogP contribution < -0.4 is 15.4 Å². The van der Waals surface area contributed by atoms with E-state index in [0.29, 0.717) is 6.04 Å². The van der Waals surface area contributed by atoms with Gasteiger partial charge in [0.15, 0.2) is 6.61 Å². The number of carbonyl (C=O) groups is 1. The predicted octanol–water partition coefficient (Wildman–Crippen LogP) is 1.83. The molecule has 1 aliphatic carbocycles. The number of benzene rings is 1. The Morgan fingerprint density at radius 2 is 2.17 bits per heavy atom. The first kappa shape index (κ1) is 11.3. The van der Waals surface area contributed by atoms with Crippen molar-refractivity contribution in [3.63, 3.8) is 0 Å². The van der Waals surface area contributed by atoms with Gasteiger partial charge in [-0.2, -0.15) is 0 Å². The van der Waals surface area contributed by atoms with Crippen LogP contribution in [0, 0.1) is 0 Å². The van der Waals surface area contributed by atoms with Gasteiger partial charge in [-0.3, -0.25) is 4.79 Å². The van der Waals surface area contributed by atoms with Crippen LogP contribution in [0.5, 0.6) is 5.75 Å². The lowest BCUT2D eigenvalue weighted by Gasteiger charge is -2.19. The minimum absolute atomic E-state index is 0.0902. The molecule has 0 saturated heterocycles. The van der Waals surface area contributed by atoms with Crippen molar-refractivity contribution in [3.8, 4) is 5.75 Å². The first-order chi connectivity index (χ1) is 8.81. The summed E-state index contributed by atoms with van der Waals surface area (Å²) < 4.78 is 5.33. The SMILES string of the molecule is O=C1COc2ccc(CNC3CC=CC3)cc2N1. The van der Waals surface area contributed by atoms with E-state index in [2.05, 4.69) is 22.8 Å². The molecule has 94 valence electrons. The van der Waals surface area contributed by atoms with E-state index in [1.807, 2.05) is 18.2 Å². The Hall–Kier alpha value is -1.81. The van der Waals surface area contributed by atoms with E-state index in [0.717, 1.165) is 36.4 Å². The third kappa shape index (κ3) is 2.38. The zero-order valence-electron chi connectivity index (χ0n) is 10.1. The van der Waals surface area contributed by atoms with E-state index < -0.39 is 0 Å². The molecule has 3 rings (SSSR count). The van der Waals surface area contributed by atoms with Crippen LogP contribution in [0.15, 0.2) is 30.4 Å². The number of amides is 1. The van der Waals surface area contributed by atoms with E-state index in [4.69, 9.17) is 4.74 Å². The summed E-state index contributed by atoms with van der Waals surface area (Å²) in [4.78, 5) is 11.2. The van der Waals surface area contributed by atoms with Crippen LogP contribution >= 0.6 is 0 Å². The molecule has 1 aromatic carbocycles. The van der Waals surface area contributed by atoms with E-state index in [1.54, 1.807) is 0 Å². The van der Waals surface area contributed by atoms with Crippen molar-refractivity contribution >= 4 is 11.6 Å². The summed E-state index contributed by atoms with van der Waals surface area (Å²) in [5, 5.41) is 6.32. The molecule has 1 amide bonds. The maximum absolute atomic E-state index is 11.2. The molecule has 1 aromatic rings. The predicted molar refractivity (Wildman–Crippen MR) is 69.6 cm³/mol. The fourth-order valence-electron chi connectivity index (χ4n) is 2.29. The number of nitrogens with one attached hydrogen (secondary N) is 2. The molecule has 0 fully saturated rings. The van der Waals surface area contributed by atoms with Crippen molar-refractivity contribution in [3.05, 3.63) is 35.9 Å². The van der Waals surface area contributed by atoms with Gasteiger partial charge in [-0.15, -0.1) is 0 Å². The van der Waals surface area contributed by atoms with E-state index in [1.165, 1.54) is 0 Å². The second kappa shape index (κ2) is 4.82. The monoisotopic (exact) mass is 244 g/mol. The molecule has 1 aliphatic heterocycles. The molecule has 0 saturated carbocycles. The topological polar surface area (TPSA) is 50.4 Å². The number of hydrogen-bond donors (Lipinski definition) is 2. The van der Waals surface area contributed by atoms with Crippen LogP contribution in [0.4, 0.5) is 5.69 Å². The first-order valence-electron chi connectivity index (χ1n) is 6.25. The minimum atomic E-state index is -0.0902. The Balaban J connectivity index is 1.66. The first-order valence-corrected chi connectivity index (χ1v) is 6.25. The van der Waals surface area contributed by atoms with Crippen LogP contribution in [0.25, 0.3) is 0 Å². The molecule has 0 spiro atoms. The molecule has 4 heteroatoms. The number of ether oxygens (including phenoxy) is 1. The molecule has 2 N–H and O–H groups in total. The summed E-state index contributed by atoms with van der Waals surface area (Å²) in [7, 11) is 0. The average molecular weight is 244 g/mol. The van der Waals surface area contributed by atoms with Crippen LogP contribution in [-0.2, 0) is 11.3 Å².